The van der Waals surface area contributed by atoms with E-state index in [0.717, 1.165) is 18.6 Å². The maximum atomic E-state index is 13.7. The fourth-order valence-electron chi connectivity index (χ4n) is 6.45. The Kier molecular flexibility index (Phi) is 7.01. The minimum atomic E-state index is -4.44. The number of piperazine rings is 1. The molecule has 1 aliphatic carbocycles. The zero-order chi connectivity index (χ0) is 29.1. The predicted octanol–water partition coefficient (Wildman–Crippen LogP) is 3.46. The van der Waals surface area contributed by atoms with Crippen LogP contribution in [0.15, 0.2) is 24.3 Å². The van der Waals surface area contributed by atoms with Crippen LogP contribution in [-0.4, -0.2) is 81.5 Å². The van der Waals surface area contributed by atoms with Crippen molar-refractivity contribution >= 4 is 17.9 Å². The predicted molar refractivity (Wildman–Crippen MR) is 136 cm³/mol. The van der Waals surface area contributed by atoms with E-state index in [9.17, 15) is 32.8 Å². The van der Waals surface area contributed by atoms with Crippen LogP contribution < -0.4 is 5.32 Å². The molecule has 1 aromatic carbocycles. The summed E-state index contributed by atoms with van der Waals surface area (Å²) in [5.74, 6) is -0.210. The number of hydrogen-bond donors (Lipinski definition) is 1. The molecular formula is C28H34F3N5O4. The molecule has 12 heteroatoms. The maximum Gasteiger partial charge on any atom is 0.416 e. The summed E-state index contributed by atoms with van der Waals surface area (Å²) in [5.41, 5.74) is -0.915. The van der Waals surface area contributed by atoms with Gasteiger partial charge in [0.1, 0.15) is 17.7 Å². The normalized spacial score (nSPS) is 29.1. The molecule has 3 saturated heterocycles. The Labute approximate surface area is 231 Å². The first-order chi connectivity index (χ1) is 18.7. The van der Waals surface area contributed by atoms with Crippen molar-refractivity contribution in [2.75, 3.05) is 13.1 Å². The van der Waals surface area contributed by atoms with Crippen molar-refractivity contribution in [1.29, 1.82) is 5.26 Å². The summed E-state index contributed by atoms with van der Waals surface area (Å²) in [7, 11) is 0. The molecule has 4 fully saturated rings. The number of fused-ring (bicyclic) bond motifs is 3. The molecule has 2 bridgehead atoms. The minimum absolute atomic E-state index is 0.00294. The molecule has 1 unspecified atom stereocenters. The topological polar surface area (TPSA) is 106 Å². The summed E-state index contributed by atoms with van der Waals surface area (Å²) in [4.78, 5) is 45.0. The SMILES string of the molecule is C[C@@H](c1ccc(C(F)(F)F)cc1)N1C(=O)[C@H]2CC1CN2C[C@H](NC(=O)OC(C)(C)C)C(=O)N1[C@H](C#N)C[C@@H]2C[C@@H]21. The van der Waals surface area contributed by atoms with E-state index in [0.29, 0.717) is 30.9 Å². The van der Waals surface area contributed by atoms with Gasteiger partial charge in [-0.1, -0.05) is 12.1 Å². The third-order valence-corrected chi connectivity index (χ3v) is 8.37. The number of halogens is 3. The Balaban J connectivity index is 1.29. The number of hydrogen-bond acceptors (Lipinski definition) is 6. The molecule has 5 rings (SSSR count). The lowest BCUT2D eigenvalue weighted by atomic mass is 10.0. The molecule has 0 radical (unpaired) electrons. The van der Waals surface area contributed by atoms with Crippen LogP contribution in [0.2, 0.25) is 0 Å². The van der Waals surface area contributed by atoms with Crippen LogP contribution in [0.25, 0.3) is 0 Å². The molecule has 3 heterocycles. The van der Waals surface area contributed by atoms with Crippen molar-refractivity contribution in [3.8, 4) is 6.07 Å². The fraction of sp³-hybridized carbons (Fsp3) is 0.643. The van der Waals surface area contributed by atoms with Gasteiger partial charge in [-0.2, -0.15) is 18.4 Å². The van der Waals surface area contributed by atoms with Crippen molar-refractivity contribution in [1.82, 2.24) is 20.0 Å². The van der Waals surface area contributed by atoms with Crippen molar-refractivity contribution in [2.24, 2.45) is 5.92 Å². The number of alkyl carbamates (subject to hydrolysis) is 1. The van der Waals surface area contributed by atoms with Gasteiger partial charge in [0.15, 0.2) is 0 Å². The first-order valence-electron chi connectivity index (χ1n) is 13.6. The number of piperidine rings is 1. The lowest BCUT2D eigenvalue weighted by Gasteiger charge is -2.39. The molecule has 40 heavy (non-hydrogen) atoms. The number of benzene rings is 1. The van der Waals surface area contributed by atoms with Crippen molar-refractivity contribution in [3.63, 3.8) is 0 Å². The molecule has 1 aromatic rings. The van der Waals surface area contributed by atoms with E-state index in [1.807, 2.05) is 4.90 Å². The van der Waals surface area contributed by atoms with E-state index < -0.39 is 47.6 Å². The van der Waals surface area contributed by atoms with Crippen LogP contribution in [0.1, 0.15) is 64.1 Å². The third-order valence-electron chi connectivity index (χ3n) is 8.37. The molecule has 3 aliphatic heterocycles. The summed E-state index contributed by atoms with van der Waals surface area (Å²) in [6.07, 6.45) is -3.21. The quantitative estimate of drug-likeness (QED) is 0.571. The summed E-state index contributed by atoms with van der Waals surface area (Å²) in [5, 5.41) is 12.3. The smallest absolute Gasteiger partial charge is 0.416 e. The number of nitriles is 1. The highest BCUT2D eigenvalue weighted by Crippen LogP contribution is 2.48. The van der Waals surface area contributed by atoms with Crippen LogP contribution >= 0.6 is 0 Å². The molecule has 216 valence electrons. The van der Waals surface area contributed by atoms with E-state index >= 15 is 0 Å². The number of rotatable bonds is 6. The van der Waals surface area contributed by atoms with Crippen LogP contribution in [-0.2, 0) is 20.5 Å². The number of carbonyl (C=O) groups is 3. The van der Waals surface area contributed by atoms with E-state index in [1.165, 1.54) is 12.1 Å². The Morgan fingerprint density at radius 3 is 2.40 bits per heavy atom. The molecule has 3 amide bonds. The Bertz CT molecular complexity index is 1220. The van der Waals surface area contributed by atoms with Gasteiger partial charge >= 0.3 is 12.3 Å². The lowest BCUT2D eigenvalue weighted by molar-refractivity contribution is -0.141. The summed E-state index contributed by atoms with van der Waals surface area (Å²) in [6, 6.07) is 4.37. The van der Waals surface area contributed by atoms with Gasteiger partial charge in [-0.25, -0.2) is 4.79 Å². The number of ether oxygens (including phenoxy) is 1. The number of carbonyl (C=O) groups excluding carboxylic acids is 3. The van der Waals surface area contributed by atoms with Crippen LogP contribution in [0.4, 0.5) is 18.0 Å². The summed E-state index contributed by atoms with van der Waals surface area (Å²) >= 11 is 0. The van der Waals surface area contributed by atoms with Crippen molar-refractivity contribution in [3.05, 3.63) is 35.4 Å². The summed E-state index contributed by atoms with van der Waals surface area (Å²) in [6.45, 7) is 7.48. The average Bonchev–Trinajstić information content (AvgIpc) is 3.18. The lowest BCUT2D eigenvalue weighted by Crippen LogP contribution is -2.59. The second kappa shape index (κ2) is 9.94. The van der Waals surface area contributed by atoms with Crippen LogP contribution in [0, 0.1) is 17.2 Å². The van der Waals surface area contributed by atoms with Gasteiger partial charge in [-0.05, 0) is 70.6 Å². The minimum Gasteiger partial charge on any atom is -0.444 e. The molecule has 4 aliphatic rings. The monoisotopic (exact) mass is 561 g/mol. The highest BCUT2D eigenvalue weighted by molar-refractivity contribution is 5.89. The van der Waals surface area contributed by atoms with Crippen molar-refractivity contribution in [2.45, 2.75) is 95.0 Å². The molecule has 0 aromatic heterocycles. The fourth-order valence-corrected chi connectivity index (χ4v) is 6.45. The molecule has 1 N–H and O–H groups in total. The Hall–Kier alpha value is -3.33. The molecule has 0 spiro atoms. The Morgan fingerprint density at radius 2 is 1.82 bits per heavy atom. The van der Waals surface area contributed by atoms with Gasteiger partial charge in [-0.15, -0.1) is 0 Å². The summed E-state index contributed by atoms with van der Waals surface area (Å²) < 4.78 is 44.4. The molecule has 7 atom stereocenters. The number of likely N-dealkylation sites (tertiary alicyclic amines) is 3. The first-order valence-corrected chi connectivity index (χ1v) is 13.6. The highest BCUT2D eigenvalue weighted by atomic mass is 19.4. The van der Waals surface area contributed by atoms with Gasteiger partial charge in [0, 0.05) is 25.2 Å². The third kappa shape index (κ3) is 5.36. The molecular weight excluding hydrogens is 527 g/mol. The number of nitrogens with one attached hydrogen (secondary N) is 1. The van der Waals surface area contributed by atoms with E-state index in [4.69, 9.17) is 4.74 Å². The van der Waals surface area contributed by atoms with E-state index in [1.54, 1.807) is 37.5 Å². The number of amides is 3. The Morgan fingerprint density at radius 1 is 1.15 bits per heavy atom. The average molecular weight is 562 g/mol. The van der Waals surface area contributed by atoms with E-state index in [2.05, 4.69) is 11.4 Å². The second-order valence-electron chi connectivity index (χ2n) is 12.3. The van der Waals surface area contributed by atoms with Crippen molar-refractivity contribution < 1.29 is 32.3 Å². The van der Waals surface area contributed by atoms with Gasteiger partial charge in [0.2, 0.25) is 11.8 Å². The standard InChI is InChI=1S/C28H34F3N5O4/c1-15(16-5-7-18(8-6-16)28(29,30)31)35-20-11-23(25(35)38)34(13-20)14-21(33-26(39)40-27(2,3)4)24(37)36-19(12-32)9-17-10-22(17)36/h5-8,15,17,19-23H,9-11,13-14H2,1-4H3,(H,33,39)/t15-,17+,19-,20?,21-,22-,23+/m0/s1. The highest BCUT2D eigenvalue weighted by Gasteiger charge is 2.56. The van der Waals surface area contributed by atoms with Gasteiger partial charge < -0.3 is 19.9 Å². The zero-order valence-corrected chi connectivity index (χ0v) is 22.9. The van der Waals surface area contributed by atoms with Gasteiger partial charge in [0.25, 0.3) is 0 Å². The second-order valence-corrected chi connectivity index (χ2v) is 12.3. The van der Waals surface area contributed by atoms with E-state index in [-0.39, 0.29) is 30.4 Å². The number of nitrogens with zero attached hydrogens (tertiary/aromatic N) is 4. The van der Waals surface area contributed by atoms with Crippen LogP contribution in [0.5, 0.6) is 0 Å². The molecule has 1 saturated carbocycles. The first kappa shape index (κ1) is 28.2. The largest absolute Gasteiger partial charge is 0.444 e. The molecule has 9 nitrogen and oxygen atoms in total. The van der Waals surface area contributed by atoms with Crippen LogP contribution in [0.3, 0.4) is 0 Å². The van der Waals surface area contributed by atoms with Gasteiger partial charge in [-0.3, -0.25) is 14.5 Å². The maximum absolute atomic E-state index is 13.7. The number of alkyl halides is 3. The zero-order valence-electron chi connectivity index (χ0n) is 22.9. The van der Waals surface area contributed by atoms with Gasteiger partial charge in [0.05, 0.1) is 23.7 Å².